The zero-order valence-corrected chi connectivity index (χ0v) is 12.9. The smallest absolute Gasteiger partial charge is 0.0771 e. The van der Waals surface area contributed by atoms with Crippen LogP contribution in [-0.2, 0) is 13.1 Å². The molecule has 1 atom stereocenters. The Labute approximate surface area is 132 Å². The summed E-state index contributed by atoms with van der Waals surface area (Å²) >= 11 is 0. The van der Waals surface area contributed by atoms with Crippen LogP contribution in [0, 0.1) is 0 Å². The summed E-state index contributed by atoms with van der Waals surface area (Å²) in [7, 11) is 0. The summed E-state index contributed by atoms with van der Waals surface area (Å²) in [6.45, 7) is 2.54. The van der Waals surface area contributed by atoms with Crippen molar-refractivity contribution < 1.29 is 10.2 Å². The molecule has 3 nitrogen and oxygen atoms in total. The molecule has 3 heteroatoms. The van der Waals surface area contributed by atoms with Gasteiger partial charge in [0.15, 0.2) is 0 Å². The largest absolute Gasteiger partial charge is 0.394 e. The van der Waals surface area contributed by atoms with Crippen molar-refractivity contribution in [3.63, 3.8) is 0 Å². The van der Waals surface area contributed by atoms with Crippen molar-refractivity contribution in [2.45, 2.75) is 32.0 Å². The molecule has 0 saturated heterocycles. The van der Waals surface area contributed by atoms with Crippen LogP contribution >= 0.6 is 0 Å². The Kier molecular flexibility index (Phi) is 7.10. The van der Waals surface area contributed by atoms with Crippen molar-refractivity contribution in [2.75, 3.05) is 13.2 Å². The molecule has 0 aliphatic heterocycles. The number of aliphatic hydroxyl groups is 2. The highest BCUT2D eigenvalue weighted by Crippen LogP contribution is 2.11. The van der Waals surface area contributed by atoms with Gasteiger partial charge >= 0.3 is 0 Å². The number of hydrogen-bond acceptors (Lipinski definition) is 3. The summed E-state index contributed by atoms with van der Waals surface area (Å²) in [5, 5.41) is 18.4. The van der Waals surface area contributed by atoms with Gasteiger partial charge in [0.25, 0.3) is 0 Å². The van der Waals surface area contributed by atoms with Crippen molar-refractivity contribution >= 4 is 0 Å². The van der Waals surface area contributed by atoms with E-state index >= 15 is 0 Å². The first-order valence-corrected chi connectivity index (χ1v) is 7.87. The van der Waals surface area contributed by atoms with Gasteiger partial charge in [-0.3, -0.25) is 4.90 Å². The number of nitrogens with zero attached hydrogens (tertiary/aromatic N) is 1. The molecule has 0 saturated carbocycles. The summed E-state index contributed by atoms with van der Waals surface area (Å²) in [4.78, 5) is 2.38. The summed E-state index contributed by atoms with van der Waals surface area (Å²) < 4.78 is 0. The number of rotatable bonds is 9. The maximum Gasteiger partial charge on any atom is 0.0771 e. The predicted molar refractivity (Wildman–Crippen MR) is 89.3 cm³/mol. The van der Waals surface area contributed by atoms with Gasteiger partial charge in [-0.1, -0.05) is 60.7 Å². The van der Waals surface area contributed by atoms with E-state index in [1.165, 1.54) is 11.1 Å². The van der Waals surface area contributed by atoms with Crippen LogP contribution in [0.3, 0.4) is 0 Å². The average Bonchev–Trinajstić information content (AvgIpc) is 2.56. The van der Waals surface area contributed by atoms with Crippen molar-refractivity contribution in [2.24, 2.45) is 0 Å². The zero-order chi connectivity index (χ0) is 15.6. The fourth-order valence-corrected chi connectivity index (χ4v) is 2.54. The lowest BCUT2D eigenvalue weighted by Crippen LogP contribution is -2.25. The first kappa shape index (κ1) is 16.7. The molecule has 1 unspecified atom stereocenters. The predicted octanol–water partition coefficient (Wildman–Crippen LogP) is 2.82. The Morgan fingerprint density at radius 3 is 1.77 bits per heavy atom. The first-order chi connectivity index (χ1) is 10.8. The molecular weight excluding hydrogens is 274 g/mol. The third-order valence-corrected chi connectivity index (χ3v) is 3.72. The monoisotopic (exact) mass is 299 g/mol. The van der Waals surface area contributed by atoms with E-state index in [0.717, 1.165) is 26.1 Å². The van der Waals surface area contributed by atoms with Crippen LogP contribution < -0.4 is 0 Å². The molecule has 0 aliphatic carbocycles. The zero-order valence-electron chi connectivity index (χ0n) is 12.9. The van der Waals surface area contributed by atoms with Gasteiger partial charge in [-0.2, -0.15) is 0 Å². The van der Waals surface area contributed by atoms with Crippen molar-refractivity contribution in [3.8, 4) is 0 Å². The Bertz CT molecular complexity index is 474. The number of hydrogen-bond donors (Lipinski definition) is 2. The second-order valence-corrected chi connectivity index (χ2v) is 5.66. The summed E-state index contributed by atoms with van der Waals surface area (Å²) in [6.07, 6.45) is 0.910. The van der Waals surface area contributed by atoms with Crippen LogP contribution in [0.4, 0.5) is 0 Å². The SMILES string of the molecule is OCC(O)CCCN(Cc1ccccc1)Cc1ccccc1. The van der Waals surface area contributed by atoms with Crippen molar-refractivity contribution in [1.82, 2.24) is 4.90 Å². The fraction of sp³-hybridized carbons (Fsp3) is 0.368. The molecule has 0 radical (unpaired) electrons. The van der Waals surface area contributed by atoms with Crippen molar-refractivity contribution in [3.05, 3.63) is 71.8 Å². The first-order valence-electron chi connectivity index (χ1n) is 7.87. The van der Waals surface area contributed by atoms with Gasteiger partial charge in [0.2, 0.25) is 0 Å². The molecule has 2 aromatic carbocycles. The highest BCUT2D eigenvalue weighted by atomic mass is 16.3. The standard InChI is InChI=1S/C19H25NO2/c21-16-19(22)12-7-13-20(14-17-8-3-1-4-9-17)15-18-10-5-2-6-11-18/h1-6,8-11,19,21-22H,7,12-16H2. The Morgan fingerprint density at radius 2 is 1.32 bits per heavy atom. The number of benzene rings is 2. The molecule has 2 rings (SSSR count). The molecule has 118 valence electrons. The molecule has 0 aliphatic rings. The Hall–Kier alpha value is -1.68. The van der Waals surface area contributed by atoms with Crippen LogP contribution in [0.2, 0.25) is 0 Å². The van der Waals surface area contributed by atoms with Gasteiger partial charge in [-0.05, 0) is 30.5 Å². The average molecular weight is 299 g/mol. The summed E-state index contributed by atoms with van der Waals surface area (Å²) in [5.74, 6) is 0. The van der Waals surface area contributed by atoms with Crippen molar-refractivity contribution in [1.29, 1.82) is 0 Å². The molecule has 0 spiro atoms. The third-order valence-electron chi connectivity index (χ3n) is 3.72. The lowest BCUT2D eigenvalue weighted by molar-refractivity contribution is 0.0827. The maximum absolute atomic E-state index is 9.48. The second kappa shape index (κ2) is 9.36. The van der Waals surface area contributed by atoms with Crippen LogP contribution in [0.15, 0.2) is 60.7 Å². The highest BCUT2D eigenvalue weighted by Gasteiger charge is 2.09. The lowest BCUT2D eigenvalue weighted by Gasteiger charge is -2.23. The molecular formula is C19H25NO2. The van der Waals surface area contributed by atoms with E-state index in [0.29, 0.717) is 6.42 Å². The van der Waals surface area contributed by atoms with E-state index in [-0.39, 0.29) is 6.61 Å². The summed E-state index contributed by atoms with van der Waals surface area (Å²) in [5.41, 5.74) is 2.59. The van der Waals surface area contributed by atoms with E-state index in [1.807, 2.05) is 12.1 Å². The maximum atomic E-state index is 9.48. The normalized spacial score (nSPS) is 12.5. The highest BCUT2D eigenvalue weighted by molar-refractivity contribution is 5.17. The third kappa shape index (κ3) is 5.98. The fourth-order valence-electron chi connectivity index (χ4n) is 2.54. The van der Waals surface area contributed by atoms with Gasteiger partial charge < -0.3 is 10.2 Å². The van der Waals surface area contributed by atoms with Gasteiger partial charge in [0, 0.05) is 13.1 Å². The van der Waals surface area contributed by atoms with Gasteiger partial charge in [-0.25, -0.2) is 0 Å². The summed E-state index contributed by atoms with van der Waals surface area (Å²) in [6, 6.07) is 20.9. The van der Waals surface area contributed by atoms with Gasteiger partial charge in [-0.15, -0.1) is 0 Å². The van der Waals surface area contributed by atoms with E-state index < -0.39 is 6.10 Å². The van der Waals surface area contributed by atoms with E-state index in [9.17, 15) is 5.11 Å². The van der Waals surface area contributed by atoms with Crippen LogP contribution in [-0.4, -0.2) is 34.4 Å². The molecule has 0 amide bonds. The van der Waals surface area contributed by atoms with Crippen LogP contribution in [0.25, 0.3) is 0 Å². The molecule has 0 fully saturated rings. The quantitative estimate of drug-likeness (QED) is 0.748. The minimum atomic E-state index is -0.602. The minimum absolute atomic E-state index is 0.155. The molecule has 2 N–H and O–H groups in total. The number of aliphatic hydroxyl groups excluding tert-OH is 2. The van der Waals surface area contributed by atoms with Crippen LogP contribution in [0.5, 0.6) is 0 Å². The van der Waals surface area contributed by atoms with Gasteiger partial charge in [0.05, 0.1) is 12.7 Å². The Balaban J connectivity index is 1.94. The molecule has 0 bridgehead atoms. The second-order valence-electron chi connectivity index (χ2n) is 5.66. The van der Waals surface area contributed by atoms with Gasteiger partial charge in [0.1, 0.15) is 0 Å². The molecule has 2 aromatic rings. The van der Waals surface area contributed by atoms with E-state index in [4.69, 9.17) is 5.11 Å². The molecule has 22 heavy (non-hydrogen) atoms. The topological polar surface area (TPSA) is 43.7 Å². The Morgan fingerprint density at radius 1 is 0.818 bits per heavy atom. The van der Waals surface area contributed by atoms with E-state index in [1.54, 1.807) is 0 Å². The minimum Gasteiger partial charge on any atom is -0.394 e. The lowest BCUT2D eigenvalue weighted by atomic mass is 10.1. The van der Waals surface area contributed by atoms with E-state index in [2.05, 4.69) is 53.4 Å². The molecule has 0 aromatic heterocycles. The molecule has 0 heterocycles. The van der Waals surface area contributed by atoms with Crippen LogP contribution in [0.1, 0.15) is 24.0 Å².